The first-order valence-electron chi connectivity index (χ1n) is 5.79. The number of nitrogens with one attached hydrogen (secondary N) is 1. The van der Waals surface area contributed by atoms with E-state index in [1.165, 1.54) is 0 Å². The second kappa shape index (κ2) is 6.39. The molecule has 0 radical (unpaired) electrons. The van der Waals surface area contributed by atoms with Crippen LogP contribution in [0.15, 0.2) is 18.5 Å². The first-order chi connectivity index (χ1) is 8.78. The van der Waals surface area contributed by atoms with Crippen molar-refractivity contribution in [2.45, 2.75) is 6.10 Å². The van der Waals surface area contributed by atoms with Gasteiger partial charge in [0.2, 0.25) is 11.9 Å². The summed E-state index contributed by atoms with van der Waals surface area (Å²) in [5.74, 6) is 0.134. The first kappa shape index (κ1) is 12.9. The summed E-state index contributed by atoms with van der Waals surface area (Å²) in [5, 5.41) is 11.6. The van der Waals surface area contributed by atoms with Gasteiger partial charge in [0.05, 0.1) is 25.9 Å². The average molecular weight is 252 g/mol. The monoisotopic (exact) mass is 252 g/mol. The summed E-state index contributed by atoms with van der Waals surface area (Å²) in [6.45, 7) is 1.98. The van der Waals surface area contributed by atoms with Crippen molar-refractivity contribution in [2.24, 2.45) is 0 Å². The van der Waals surface area contributed by atoms with Crippen LogP contribution >= 0.6 is 0 Å². The highest BCUT2D eigenvalue weighted by Gasteiger charge is 2.21. The molecule has 0 aromatic carbocycles. The third kappa shape index (κ3) is 3.73. The predicted molar refractivity (Wildman–Crippen MR) is 63.9 cm³/mol. The number of morpholine rings is 1. The second-order valence-corrected chi connectivity index (χ2v) is 4.03. The fourth-order valence-corrected chi connectivity index (χ4v) is 1.77. The van der Waals surface area contributed by atoms with Crippen molar-refractivity contribution < 1.29 is 14.6 Å². The van der Waals surface area contributed by atoms with Gasteiger partial charge in [0, 0.05) is 25.5 Å². The molecule has 1 aliphatic heterocycles. The predicted octanol–water partition coefficient (Wildman–Crippen LogP) is -0.892. The van der Waals surface area contributed by atoms with E-state index in [0.29, 0.717) is 25.6 Å². The first-order valence-corrected chi connectivity index (χ1v) is 5.79. The van der Waals surface area contributed by atoms with Gasteiger partial charge in [-0.1, -0.05) is 0 Å². The molecule has 1 atom stereocenters. The topological polar surface area (TPSA) is 87.6 Å². The van der Waals surface area contributed by atoms with Gasteiger partial charge < -0.3 is 9.84 Å². The minimum absolute atomic E-state index is 0.0279. The number of hydrogen-bond acceptors (Lipinski definition) is 6. The number of aliphatic hydroxyl groups is 1. The number of nitrogens with zero attached hydrogens (tertiary/aromatic N) is 3. The van der Waals surface area contributed by atoms with Crippen LogP contribution in [0, 0.1) is 0 Å². The van der Waals surface area contributed by atoms with Crippen molar-refractivity contribution in [3.63, 3.8) is 0 Å². The van der Waals surface area contributed by atoms with E-state index in [1.807, 2.05) is 4.90 Å². The summed E-state index contributed by atoms with van der Waals surface area (Å²) in [4.78, 5) is 21.5. The van der Waals surface area contributed by atoms with Crippen molar-refractivity contribution in [3.05, 3.63) is 18.5 Å². The van der Waals surface area contributed by atoms with Crippen LogP contribution in [-0.4, -0.2) is 64.8 Å². The summed E-state index contributed by atoms with van der Waals surface area (Å²) >= 11 is 0. The van der Waals surface area contributed by atoms with Crippen LogP contribution in [0.25, 0.3) is 0 Å². The van der Waals surface area contributed by atoms with E-state index in [1.54, 1.807) is 18.5 Å². The number of aliphatic hydroxyl groups excluding tert-OH is 1. The van der Waals surface area contributed by atoms with Crippen LogP contribution in [-0.2, 0) is 9.53 Å². The molecule has 1 aromatic heterocycles. The van der Waals surface area contributed by atoms with E-state index < -0.39 is 0 Å². The van der Waals surface area contributed by atoms with Gasteiger partial charge in [-0.05, 0) is 6.07 Å². The molecule has 98 valence electrons. The fourth-order valence-electron chi connectivity index (χ4n) is 1.77. The number of hydrogen-bond donors (Lipinski definition) is 2. The molecule has 0 aliphatic carbocycles. The molecule has 0 spiro atoms. The van der Waals surface area contributed by atoms with Crippen LogP contribution in [0.5, 0.6) is 0 Å². The number of rotatable bonds is 4. The molecule has 1 fully saturated rings. The number of ether oxygens (including phenoxy) is 1. The van der Waals surface area contributed by atoms with E-state index in [-0.39, 0.29) is 25.2 Å². The van der Waals surface area contributed by atoms with Gasteiger partial charge in [-0.25, -0.2) is 9.97 Å². The molecule has 0 saturated carbocycles. The number of carbonyl (C=O) groups excluding carboxylic acids is 1. The minimum Gasteiger partial charge on any atom is -0.394 e. The molecule has 1 amide bonds. The normalized spacial score (nSPS) is 20.6. The van der Waals surface area contributed by atoms with Crippen molar-refractivity contribution >= 4 is 11.9 Å². The molecule has 7 nitrogen and oxygen atoms in total. The zero-order chi connectivity index (χ0) is 12.8. The smallest absolute Gasteiger partial charge is 0.240 e. The number of aromatic nitrogens is 2. The van der Waals surface area contributed by atoms with Crippen molar-refractivity contribution in [1.29, 1.82) is 0 Å². The maximum atomic E-state index is 11.7. The average Bonchev–Trinajstić information content (AvgIpc) is 2.40. The highest BCUT2D eigenvalue weighted by Crippen LogP contribution is 2.04. The molecule has 1 saturated heterocycles. The van der Waals surface area contributed by atoms with Gasteiger partial charge in [0.15, 0.2) is 0 Å². The maximum Gasteiger partial charge on any atom is 0.240 e. The number of anilines is 1. The zero-order valence-electron chi connectivity index (χ0n) is 9.95. The summed E-state index contributed by atoms with van der Waals surface area (Å²) in [7, 11) is 0. The molecule has 2 rings (SSSR count). The van der Waals surface area contributed by atoms with Gasteiger partial charge in [0.1, 0.15) is 0 Å². The van der Waals surface area contributed by atoms with Gasteiger partial charge >= 0.3 is 0 Å². The van der Waals surface area contributed by atoms with Crippen molar-refractivity contribution in [1.82, 2.24) is 14.9 Å². The SMILES string of the molecule is O=C(CN1CCOC(CO)C1)Nc1ncccn1. The van der Waals surface area contributed by atoms with Crippen LogP contribution in [0.4, 0.5) is 5.95 Å². The minimum atomic E-state index is -0.209. The van der Waals surface area contributed by atoms with E-state index in [4.69, 9.17) is 9.84 Å². The fraction of sp³-hybridized carbons (Fsp3) is 0.545. The quantitative estimate of drug-likeness (QED) is 0.722. The van der Waals surface area contributed by atoms with Gasteiger partial charge in [0.25, 0.3) is 0 Å². The zero-order valence-corrected chi connectivity index (χ0v) is 9.95. The molecule has 2 N–H and O–H groups in total. The molecular formula is C11H16N4O3. The Bertz CT molecular complexity index is 387. The van der Waals surface area contributed by atoms with Crippen LogP contribution < -0.4 is 5.32 Å². The molecule has 18 heavy (non-hydrogen) atoms. The molecule has 1 unspecified atom stereocenters. The Balaban J connectivity index is 1.80. The van der Waals surface area contributed by atoms with Crippen molar-refractivity contribution in [2.75, 3.05) is 38.2 Å². The lowest BCUT2D eigenvalue weighted by Crippen LogP contribution is -2.46. The third-order valence-corrected chi connectivity index (χ3v) is 2.61. The molecule has 1 aromatic rings. The summed E-state index contributed by atoms with van der Waals surface area (Å²) in [6, 6.07) is 1.68. The summed E-state index contributed by atoms with van der Waals surface area (Å²) < 4.78 is 5.31. The number of carbonyl (C=O) groups is 1. The van der Waals surface area contributed by atoms with E-state index >= 15 is 0 Å². The molecule has 0 bridgehead atoms. The summed E-state index contributed by atoms with van der Waals surface area (Å²) in [5.41, 5.74) is 0. The van der Waals surface area contributed by atoms with E-state index in [0.717, 1.165) is 0 Å². The van der Waals surface area contributed by atoms with Crippen LogP contribution in [0.3, 0.4) is 0 Å². The Kier molecular flexibility index (Phi) is 4.57. The lowest BCUT2D eigenvalue weighted by Gasteiger charge is -2.31. The largest absolute Gasteiger partial charge is 0.394 e. The molecule has 2 heterocycles. The Hall–Kier alpha value is -1.57. The maximum absolute atomic E-state index is 11.7. The third-order valence-electron chi connectivity index (χ3n) is 2.61. The standard InChI is InChI=1S/C11H16N4O3/c16-8-9-6-15(4-5-18-9)7-10(17)14-11-12-2-1-3-13-11/h1-3,9,16H,4-8H2,(H,12,13,14,17). The summed E-state index contributed by atoms with van der Waals surface area (Å²) in [6.07, 6.45) is 2.93. The molecular weight excluding hydrogens is 236 g/mol. The Labute approximate surface area is 105 Å². The van der Waals surface area contributed by atoms with Gasteiger partial charge in [-0.15, -0.1) is 0 Å². The Morgan fingerprint density at radius 3 is 3.06 bits per heavy atom. The highest BCUT2D eigenvalue weighted by molar-refractivity contribution is 5.90. The highest BCUT2D eigenvalue weighted by atomic mass is 16.5. The van der Waals surface area contributed by atoms with Crippen molar-refractivity contribution in [3.8, 4) is 0 Å². The second-order valence-electron chi connectivity index (χ2n) is 4.03. The van der Waals surface area contributed by atoms with E-state index in [2.05, 4.69) is 15.3 Å². The lowest BCUT2D eigenvalue weighted by molar-refractivity contribution is -0.120. The van der Waals surface area contributed by atoms with Crippen LogP contribution in [0.2, 0.25) is 0 Å². The lowest BCUT2D eigenvalue weighted by atomic mass is 10.3. The Morgan fingerprint density at radius 1 is 1.56 bits per heavy atom. The molecule has 1 aliphatic rings. The van der Waals surface area contributed by atoms with E-state index in [9.17, 15) is 4.79 Å². The number of amides is 1. The molecule has 7 heteroatoms. The Morgan fingerprint density at radius 2 is 2.33 bits per heavy atom. The van der Waals surface area contributed by atoms with Gasteiger partial charge in [-0.3, -0.25) is 15.0 Å². The van der Waals surface area contributed by atoms with Gasteiger partial charge in [-0.2, -0.15) is 0 Å². The van der Waals surface area contributed by atoms with Crippen LogP contribution in [0.1, 0.15) is 0 Å².